The first-order valence-corrected chi connectivity index (χ1v) is 9.48. The molecule has 0 aliphatic rings. The predicted molar refractivity (Wildman–Crippen MR) is 110 cm³/mol. The number of Topliss-reactive ketones (excluding diaryl/α,β-unsaturated/α-hetero) is 1. The number of ketones is 1. The number of rotatable bonds is 8. The molecule has 2 aromatic carbocycles. The fraction of sp³-hybridized carbons (Fsp3) is 0.348. The highest BCUT2D eigenvalue weighted by molar-refractivity contribution is 6.01. The van der Waals surface area contributed by atoms with E-state index >= 15 is 0 Å². The topological polar surface area (TPSA) is 92.7 Å². The summed E-state index contributed by atoms with van der Waals surface area (Å²) in [7, 11) is 0. The summed E-state index contributed by atoms with van der Waals surface area (Å²) in [6.45, 7) is 6.94. The van der Waals surface area contributed by atoms with Gasteiger partial charge in [0.05, 0.1) is 11.5 Å². The Labute approximate surface area is 170 Å². The summed E-state index contributed by atoms with van der Waals surface area (Å²) >= 11 is 0. The van der Waals surface area contributed by atoms with E-state index in [1.165, 1.54) is 6.92 Å². The lowest BCUT2D eigenvalue weighted by Gasteiger charge is -2.30. The molecule has 154 valence electrons. The van der Waals surface area contributed by atoms with Crippen LogP contribution in [0, 0.1) is 11.3 Å². The second-order valence-electron chi connectivity index (χ2n) is 8.03. The van der Waals surface area contributed by atoms with E-state index < -0.39 is 29.3 Å². The van der Waals surface area contributed by atoms with Gasteiger partial charge in [-0.3, -0.25) is 14.4 Å². The van der Waals surface area contributed by atoms with Crippen LogP contribution in [0.4, 0.5) is 0 Å². The van der Waals surface area contributed by atoms with Gasteiger partial charge < -0.3 is 15.2 Å². The zero-order valence-corrected chi connectivity index (χ0v) is 17.1. The van der Waals surface area contributed by atoms with Crippen LogP contribution in [-0.2, 0) is 9.59 Å². The van der Waals surface area contributed by atoms with Crippen molar-refractivity contribution in [3.05, 3.63) is 60.2 Å². The number of amides is 1. The molecule has 0 spiro atoms. The Bertz CT molecular complexity index is 870. The molecule has 0 saturated carbocycles. The van der Waals surface area contributed by atoms with Crippen LogP contribution in [-0.4, -0.2) is 28.8 Å². The molecular weight excluding hydrogens is 370 g/mol. The number of para-hydroxylation sites is 2. The van der Waals surface area contributed by atoms with Gasteiger partial charge in [-0.05, 0) is 36.6 Å². The van der Waals surface area contributed by atoms with E-state index in [1.54, 1.807) is 36.4 Å². The fourth-order valence-electron chi connectivity index (χ4n) is 2.86. The Balaban J connectivity index is 2.24. The largest absolute Gasteiger partial charge is 0.480 e. The zero-order chi connectivity index (χ0) is 21.6. The molecule has 2 aromatic rings. The normalized spacial score (nSPS) is 13.2. The average Bonchev–Trinajstić information content (AvgIpc) is 2.66. The summed E-state index contributed by atoms with van der Waals surface area (Å²) in [6.07, 6.45) is -0.0587. The van der Waals surface area contributed by atoms with Crippen molar-refractivity contribution in [2.45, 2.75) is 40.2 Å². The Hall–Kier alpha value is -3.15. The molecule has 0 aliphatic carbocycles. The number of nitrogens with one attached hydrogen (secondary N) is 1. The van der Waals surface area contributed by atoms with Crippen molar-refractivity contribution in [3.8, 4) is 11.5 Å². The monoisotopic (exact) mass is 397 g/mol. The van der Waals surface area contributed by atoms with E-state index in [0.717, 1.165) is 0 Å². The smallest absolute Gasteiger partial charge is 0.325 e. The third kappa shape index (κ3) is 6.17. The molecule has 0 bridgehead atoms. The number of carbonyl (C=O) groups excluding carboxylic acids is 2. The standard InChI is InChI=1S/C23H27NO5/c1-15(22(27)28)24-21(26)18(23(2,3)4)14-19(25)17-12-8-9-13-20(17)29-16-10-6-5-7-11-16/h5-13,15,18H,14H2,1-4H3,(H,24,26)(H,27,28)/t15-,18+/m0/s1. The lowest BCUT2D eigenvalue weighted by atomic mass is 9.76. The van der Waals surface area contributed by atoms with Crippen LogP contribution in [0.3, 0.4) is 0 Å². The van der Waals surface area contributed by atoms with Crippen LogP contribution in [0.25, 0.3) is 0 Å². The average molecular weight is 397 g/mol. The second kappa shape index (κ2) is 9.37. The van der Waals surface area contributed by atoms with E-state index in [-0.39, 0.29) is 12.2 Å². The number of hydrogen-bond acceptors (Lipinski definition) is 4. The van der Waals surface area contributed by atoms with Crippen molar-refractivity contribution in [3.63, 3.8) is 0 Å². The molecule has 6 heteroatoms. The van der Waals surface area contributed by atoms with Crippen LogP contribution in [0.1, 0.15) is 44.5 Å². The molecule has 6 nitrogen and oxygen atoms in total. The third-order valence-electron chi connectivity index (χ3n) is 4.64. The first-order chi connectivity index (χ1) is 13.6. The van der Waals surface area contributed by atoms with Gasteiger partial charge >= 0.3 is 5.97 Å². The molecule has 2 atom stereocenters. The summed E-state index contributed by atoms with van der Waals surface area (Å²) in [6, 6.07) is 15.0. The Morgan fingerprint density at radius 1 is 1.00 bits per heavy atom. The van der Waals surface area contributed by atoms with Gasteiger partial charge in [-0.15, -0.1) is 0 Å². The lowest BCUT2D eigenvalue weighted by Crippen LogP contribution is -2.45. The lowest BCUT2D eigenvalue weighted by molar-refractivity contribution is -0.142. The van der Waals surface area contributed by atoms with Gasteiger partial charge in [-0.25, -0.2) is 0 Å². The summed E-state index contributed by atoms with van der Waals surface area (Å²) in [4.78, 5) is 36.8. The van der Waals surface area contributed by atoms with Gasteiger partial charge in [0, 0.05) is 6.42 Å². The maximum Gasteiger partial charge on any atom is 0.325 e. The van der Waals surface area contributed by atoms with Gasteiger partial charge in [0.2, 0.25) is 5.91 Å². The van der Waals surface area contributed by atoms with Crippen LogP contribution < -0.4 is 10.1 Å². The van der Waals surface area contributed by atoms with Crippen molar-refractivity contribution >= 4 is 17.7 Å². The highest BCUT2D eigenvalue weighted by Crippen LogP contribution is 2.33. The quantitative estimate of drug-likeness (QED) is 0.648. The first kappa shape index (κ1) is 22.1. The predicted octanol–water partition coefficient (Wildman–Crippen LogP) is 4.30. The molecule has 1 amide bonds. The minimum atomic E-state index is -1.13. The Kier molecular flexibility index (Phi) is 7.15. The number of carboxylic acids is 1. The number of carboxylic acid groups (broad SMARTS) is 1. The molecule has 0 heterocycles. The van der Waals surface area contributed by atoms with Crippen molar-refractivity contribution in [1.29, 1.82) is 0 Å². The molecule has 0 saturated heterocycles. The maximum absolute atomic E-state index is 13.1. The van der Waals surface area contributed by atoms with E-state index in [2.05, 4.69) is 5.32 Å². The number of ether oxygens (including phenoxy) is 1. The SMILES string of the molecule is C[C@H](NC(=O)[C@@H](CC(=O)c1ccccc1Oc1ccccc1)C(C)(C)C)C(=O)O. The number of aliphatic carboxylic acids is 1. The molecular formula is C23H27NO5. The van der Waals surface area contributed by atoms with E-state index in [1.807, 2.05) is 39.0 Å². The Morgan fingerprint density at radius 3 is 2.17 bits per heavy atom. The maximum atomic E-state index is 13.1. The van der Waals surface area contributed by atoms with Gasteiger partial charge in [0.25, 0.3) is 0 Å². The first-order valence-electron chi connectivity index (χ1n) is 9.48. The number of benzene rings is 2. The van der Waals surface area contributed by atoms with Crippen molar-refractivity contribution in [1.82, 2.24) is 5.32 Å². The minimum Gasteiger partial charge on any atom is -0.480 e. The minimum absolute atomic E-state index is 0.0587. The van der Waals surface area contributed by atoms with Gasteiger partial charge in [0.15, 0.2) is 5.78 Å². The second-order valence-corrected chi connectivity index (χ2v) is 8.03. The van der Waals surface area contributed by atoms with E-state index in [0.29, 0.717) is 17.1 Å². The van der Waals surface area contributed by atoms with Gasteiger partial charge in [-0.1, -0.05) is 51.1 Å². The van der Waals surface area contributed by atoms with E-state index in [4.69, 9.17) is 9.84 Å². The van der Waals surface area contributed by atoms with Crippen molar-refractivity contribution in [2.75, 3.05) is 0 Å². The summed E-state index contributed by atoms with van der Waals surface area (Å²) < 4.78 is 5.86. The number of hydrogen-bond donors (Lipinski definition) is 2. The summed E-state index contributed by atoms with van der Waals surface area (Å²) in [5.74, 6) is -1.50. The molecule has 0 fully saturated rings. The summed E-state index contributed by atoms with van der Waals surface area (Å²) in [5.41, 5.74) is -0.155. The van der Waals surface area contributed by atoms with Crippen LogP contribution in [0.15, 0.2) is 54.6 Å². The number of carbonyl (C=O) groups is 3. The molecule has 0 aliphatic heterocycles. The highest BCUT2D eigenvalue weighted by atomic mass is 16.5. The highest BCUT2D eigenvalue weighted by Gasteiger charge is 2.35. The molecule has 0 radical (unpaired) electrons. The van der Waals surface area contributed by atoms with Gasteiger partial charge in [0.1, 0.15) is 17.5 Å². The van der Waals surface area contributed by atoms with E-state index in [9.17, 15) is 14.4 Å². The zero-order valence-electron chi connectivity index (χ0n) is 17.1. The third-order valence-corrected chi connectivity index (χ3v) is 4.64. The van der Waals surface area contributed by atoms with Crippen molar-refractivity contribution in [2.24, 2.45) is 11.3 Å². The van der Waals surface area contributed by atoms with Crippen LogP contribution in [0.5, 0.6) is 11.5 Å². The molecule has 0 unspecified atom stereocenters. The van der Waals surface area contributed by atoms with Crippen LogP contribution >= 0.6 is 0 Å². The van der Waals surface area contributed by atoms with Gasteiger partial charge in [-0.2, -0.15) is 0 Å². The van der Waals surface area contributed by atoms with Crippen molar-refractivity contribution < 1.29 is 24.2 Å². The Morgan fingerprint density at radius 2 is 1.59 bits per heavy atom. The fourth-order valence-corrected chi connectivity index (χ4v) is 2.86. The molecule has 2 N–H and O–H groups in total. The summed E-state index contributed by atoms with van der Waals surface area (Å²) in [5, 5.41) is 11.5. The molecule has 2 rings (SSSR count). The molecule has 0 aromatic heterocycles. The molecule has 29 heavy (non-hydrogen) atoms. The van der Waals surface area contributed by atoms with Crippen LogP contribution in [0.2, 0.25) is 0 Å².